The van der Waals surface area contributed by atoms with Crippen LogP contribution in [0, 0.1) is 5.41 Å². The molecule has 0 bridgehead atoms. The van der Waals surface area contributed by atoms with Gasteiger partial charge in [-0.25, -0.2) is 0 Å². The normalized spacial score (nSPS) is 19.8. The highest BCUT2D eigenvalue weighted by atomic mass is 32.1. The van der Waals surface area contributed by atoms with Crippen LogP contribution in [-0.4, -0.2) is 56.3 Å². The lowest BCUT2D eigenvalue weighted by atomic mass is 10.1. The van der Waals surface area contributed by atoms with E-state index in [-0.39, 0.29) is 0 Å². The van der Waals surface area contributed by atoms with E-state index in [1.807, 2.05) is 0 Å². The Morgan fingerprint density at radius 2 is 1.77 bits per heavy atom. The molecule has 2 nitrogen and oxygen atoms in total. The highest BCUT2D eigenvalue weighted by molar-refractivity contribution is 7.80. The molecule has 0 spiro atoms. The van der Waals surface area contributed by atoms with Crippen molar-refractivity contribution in [1.82, 2.24) is 9.80 Å². The molecule has 13 heavy (non-hydrogen) atoms. The van der Waals surface area contributed by atoms with E-state index in [0.717, 1.165) is 12.3 Å². The maximum absolute atomic E-state index is 4.41. The zero-order chi connectivity index (χ0) is 9.90. The highest BCUT2D eigenvalue weighted by Gasteiger charge is 2.41. The number of thiol groups is 1. The van der Waals surface area contributed by atoms with Crippen molar-refractivity contribution >= 4 is 12.6 Å². The van der Waals surface area contributed by atoms with E-state index in [1.54, 1.807) is 0 Å². The van der Waals surface area contributed by atoms with Crippen LogP contribution in [0.15, 0.2) is 0 Å². The lowest BCUT2D eigenvalue weighted by Crippen LogP contribution is -2.33. The Hall–Kier alpha value is 0.270. The van der Waals surface area contributed by atoms with Gasteiger partial charge in [0.15, 0.2) is 0 Å². The minimum absolute atomic E-state index is 0.574. The number of hydrogen-bond donors (Lipinski definition) is 1. The maximum Gasteiger partial charge on any atom is 0.0106 e. The molecular weight excluding hydrogens is 180 g/mol. The summed E-state index contributed by atoms with van der Waals surface area (Å²) in [5.74, 6) is 1.05. The highest BCUT2D eigenvalue weighted by Crippen LogP contribution is 2.46. The minimum atomic E-state index is 0.574. The SMILES string of the molecule is CN(C)CCN(C)CC1(CS)CC1. The summed E-state index contributed by atoms with van der Waals surface area (Å²) in [6.07, 6.45) is 2.76. The Morgan fingerprint density at radius 1 is 1.15 bits per heavy atom. The molecule has 1 saturated carbocycles. The molecule has 1 aliphatic carbocycles. The molecule has 0 heterocycles. The summed E-state index contributed by atoms with van der Waals surface area (Å²) in [6.45, 7) is 3.55. The Morgan fingerprint density at radius 3 is 2.15 bits per heavy atom. The fraction of sp³-hybridized carbons (Fsp3) is 1.00. The fourth-order valence-electron chi connectivity index (χ4n) is 1.57. The molecule has 1 aliphatic rings. The standard InChI is InChI=1S/C10H22N2S/c1-11(2)6-7-12(3)8-10(9-13)4-5-10/h13H,4-9H2,1-3H3. The number of likely N-dealkylation sites (N-methyl/N-ethyl adjacent to an activating group) is 2. The van der Waals surface area contributed by atoms with Crippen molar-refractivity contribution in [1.29, 1.82) is 0 Å². The predicted octanol–water partition coefficient (Wildman–Crippen LogP) is 1.19. The average molecular weight is 202 g/mol. The van der Waals surface area contributed by atoms with Crippen LogP contribution >= 0.6 is 12.6 Å². The number of rotatable bonds is 6. The van der Waals surface area contributed by atoms with E-state index in [1.165, 1.54) is 25.9 Å². The molecule has 0 radical (unpaired) electrons. The zero-order valence-corrected chi connectivity index (χ0v) is 9.98. The first-order valence-corrected chi connectivity index (χ1v) is 5.65. The van der Waals surface area contributed by atoms with Crippen molar-refractivity contribution in [3.05, 3.63) is 0 Å². The predicted molar refractivity (Wildman–Crippen MR) is 61.6 cm³/mol. The molecule has 0 saturated heterocycles. The summed E-state index contributed by atoms with van der Waals surface area (Å²) < 4.78 is 0. The molecule has 0 unspecified atom stereocenters. The van der Waals surface area contributed by atoms with Crippen molar-refractivity contribution in [3.63, 3.8) is 0 Å². The van der Waals surface area contributed by atoms with Crippen LogP contribution in [0.2, 0.25) is 0 Å². The van der Waals surface area contributed by atoms with E-state index in [0.29, 0.717) is 5.41 Å². The van der Waals surface area contributed by atoms with E-state index >= 15 is 0 Å². The summed E-state index contributed by atoms with van der Waals surface area (Å²) >= 11 is 4.41. The van der Waals surface area contributed by atoms with E-state index in [9.17, 15) is 0 Å². The van der Waals surface area contributed by atoms with E-state index < -0.39 is 0 Å². The second-order valence-electron chi connectivity index (χ2n) is 4.70. The first-order chi connectivity index (χ1) is 6.08. The Balaban J connectivity index is 2.14. The van der Waals surface area contributed by atoms with Crippen LogP contribution in [0.4, 0.5) is 0 Å². The van der Waals surface area contributed by atoms with Crippen molar-refractivity contribution in [2.24, 2.45) is 5.41 Å². The van der Waals surface area contributed by atoms with Gasteiger partial charge in [0.1, 0.15) is 0 Å². The molecule has 0 N–H and O–H groups in total. The van der Waals surface area contributed by atoms with Gasteiger partial charge < -0.3 is 9.80 Å². The molecule has 0 aromatic heterocycles. The van der Waals surface area contributed by atoms with Gasteiger partial charge in [0.25, 0.3) is 0 Å². The summed E-state index contributed by atoms with van der Waals surface area (Å²) in [5, 5.41) is 0. The Bertz CT molecular complexity index is 155. The van der Waals surface area contributed by atoms with Crippen LogP contribution in [0.3, 0.4) is 0 Å². The average Bonchev–Trinajstić information content (AvgIpc) is 2.82. The van der Waals surface area contributed by atoms with Crippen molar-refractivity contribution < 1.29 is 0 Å². The van der Waals surface area contributed by atoms with E-state index in [4.69, 9.17) is 0 Å². The molecule has 78 valence electrons. The second kappa shape index (κ2) is 4.67. The summed E-state index contributed by atoms with van der Waals surface area (Å²) in [4.78, 5) is 4.67. The van der Waals surface area contributed by atoms with Gasteiger partial charge in [-0.3, -0.25) is 0 Å². The van der Waals surface area contributed by atoms with Crippen molar-refractivity contribution in [2.45, 2.75) is 12.8 Å². The molecule has 1 fully saturated rings. The molecular formula is C10H22N2S. The Labute approximate surface area is 87.7 Å². The quantitative estimate of drug-likeness (QED) is 0.646. The van der Waals surface area contributed by atoms with Crippen LogP contribution in [0.25, 0.3) is 0 Å². The third kappa shape index (κ3) is 3.88. The lowest BCUT2D eigenvalue weighted by molar-refractivity contribution is 0.246. The maximum atomic E-state index is 4.41. The third-order valence-corrected chi connectivity index (χ3v) is 3.50. The third-order valence-electron chi connectivity index (χ3n) is 2.83. The number of hydrogen-bond acceptors (Lipinski definition) is 3. The topological polar surface area (TPSA) is 6.48 Å². The van der Waals surface area contributed by atoms with Gasteiger partial charge in [-0.05, 0) is 45.2 Å². The van der Waals surface area contributed by atoms with Gasteiger partial charge in [-0.1, -0.05) is 0 Å². The molecule has 0 aromatic carbocycles. The fourth-order valence-corrected chi connectivity index (χ4v) is 1.98. The minimum Gasteiger partial charge on any atom is -0.308 e. The first-order valence-electron chi connectivity index (χ1n) is 5.02. The summed E-state index contributed by atoms with van der Waals surface area (Å²) in [5.41, 5.74) is 0.574. The smallest absolute Gasteiger partial charge is 0.0106 e. The van der Waals surface area contributed by atoms with Gasteiger partial charge in [0.2, 0.25) is 0 Å². The molecule has 1 rings (SSSR count). The van der Waals surface area contributed by atoms with Crippen LogP contribution < -0.4 is 0 Å². The first kappa shape index (κ1) is 11.3. The van der Waals surface area contributed by atoms with Gasteiger partial charge in [-0.15, -0.1) is 0 Å². The molecule has 0 amide bonds. The molecule has 3 heteroatoms. The zero-order valence-electron chi connectivity index (χ0n) is 9.08. The molecule has 0 aromatic rings. The van der Waals surface area contributed by atoms with Crippen LogP contribution in [0.5, 0.6) is 0 Å². The second-order valence-corrected chi connectivity index (χ2v) is 5.02. The Kier molecular flexibility index (Phi) is 4.07. The summed E-state index contributed by atoms with van der Waals surface area (Å²) in [7, 11) is 6.46. The van der Waals surface area contributed by atoms with Crippen LogP contribution in [0.1, 0.15) is 12.8 Å². The van der Waals surface area contributed by atoms with Gasteiger partial charge >= 0.3 is 0 Å². The van der Waals surface area contributed by atoms with Crippen molar-refractivity contribution in [3.8, 4) is 0 Å². The molecule has 0 atom stereocenters. The van der Waals surface area contributed by atoms with Crippen LogP contribution in [-0.2, 0) is 0 Å². The van der Waals surface area contributed by atoms with E-state index in [2.05, 4.69) is 43.6 Å². The lowest BCUT2D eigenvalue weighted by Gasteiger charge is -2.23. The van der Waals surface area contributed by atoms with Gasteiger partial charge in [0.05, 0.1) is 0 Å². The monoisotopic (exact) mass is 202 g/mol. The van der Waals surface area contributed by atoms with Gasteiger partial charge in [0, 0.05) is 19.6 Å². The number of nitrogens with zero attached hydrogens (tertiary/aromatic N) is 2. The summed E-state index contributed by atoms with van der Waals surface area (Å²) in [6, 6.07) is 0. The van der Waals surface area contributed by atoms with Gasteiger partial charge in [-0.2, -0.15) is 12.6 Å². The van der Waals surface area contributed by atoms with Crippen molar-refractivity contribution in [2.75, 3.05) is 46.5 Å². The molecule has 0 aliphatic heterocycles. The largest absolute Gasteiger partial charge is 0.308 e.